The molecule has 2 aliphatic heterocycles. The van der Waals surface area contributed by atoms with Gasteiger partial charge in [-0.3, -0.25) is 4.90 Å². The fourth-order valence-electron chi connectivity index (χ4n) is 5.24. The van der Waals surface area contributed by atoms with Crippen molar-refractivity contribution >= 4 is 16.7 Å². The summed E-state index contributed by atoms with van der Waals surface area (Å²) in [6.45, 7) is 4.49. The average Bonchev–Trinajstić information content (AvgIpc) is 3.57. The van der Waals surface area contributed by atoms with E-state index in [1.165, 1.54) is 6.08 Å². The van der Waals surface area contributed by atoms with Crippen molar-refractivity contribution in [3.8, 4) is 0 Å². The smallest absolute Gasteiger partial charge is 0.412 e. The number of nitrogens with zero attached hydrogens (tertiary/aromatic N) is 4. The second-order valence-electron chi connectivity index (χ2n) is 9.66. The molecule has 6 rings (SSSR count). The molecule has 1 N–H and O–H groups in total. The van der Waals surface area contributed by atoms with Gasteiger partial charge in [-0.15, -0.1) is 0 Å². The molecule has 4 aliphatic rings. The van der Waals surface area contributed by atoms with Crippen LogP contribution in [0.3, 0.4) is 0 Å². The van der Waals surface area contributed by atoms with Crippen molar-refractivity contribution in [3.63, 3.8) is 0 Å². The largest absolute Gasteiger partial charge is 0.492 e. The van der Waals surface area contributed by atoms with Crippen molar-refractivity contribution in [2.45, 2.75) is 63.0 Å². The summed E-state index contributed by atoms with van der Waals surface area (Å²) < 4.78 is 51.9. The summed E-state index contributed by atoms with van der Waals surface area (Å²) >= 11 is 0. The van der Waals surface area contributed by atoms with Crippen LogP contribution in [-0.2, 0) is 9.47 Å². The zero-order chi connectivity index (χ0) is 23.4. The lowest BCUT2D eigenvalue weighted by atomic mass is 9.85. The van der Waals surface area contributed by atoms with Crippen molar-refractivity contribution in [2.75, 3.05) is 31.6 Å². The minimum atomic E-state index is -4.34. The maximum Gasteiger partial charge on any atom is 0.412 e. The fraction of sp³-hybridized carbons (Fsp3) is 0.583. The van der Waals surface area contributed by atoms with Gasteiger partial charge in [0.1, 0.15) is 23.4 Å². The van der Waals surface area contributed by atoms with E-state index in [-0.39, 0.29) is 24.6 Å². The summed E-state index contributed by atoms with van der Waals surface area (Å²) in [5, 5.41) is 13.0. The number of ether oxygens (including phenoxy) is 2. The molecule has 0 bridgehead atoms. The Morgan fingerprint density at radius 3 is 2.76 bits per heavy atom. The summed E-state index contributed by atoms with van der Waals surface area (Å²) in [5.41, 5.74) is 2.81. The lowest BCUT2D eigenvalue weighted by molar-refractivity contribution is -0.0951. The molecule has 1 aromatic carbocycles. The zero-order valence-corrected chi connectivity index (χ0v) is 19.0. The summed E-state index contributed by atoms with van der Waals surface area (Å²) in [5.74, 6) is 0.349. The highest BCUT2D eigenvalue weighted by Crippen LogP contribution is 2.41. The minimum absolute atomic E-state index is 0.0281. The van der Waals surface area contributed by atoms with Crippen molar-refractivity contribution in [3.05, 3.63) is 41.2 Å². The summed E-state index contributed by atoms with van der Waals surface area (Å²) in [6.07, 6.45) is -0.618. The van der Waals surface area contributed by atoms with Crippen LogP contribution in [-0.4, -0.2) is 70.6 Å². The Balaban J connectivity index is 1.38. The van der Waals surface area contributed by atoms with E-state index in [9.17, 15) is 13.2 Å². The molecule has 3 heterocycles. The van der Waals surface area contributed by atoms with Gasteiger partial charge in [0.2, 0.25) is 0 Å². The van der Waals surface area contributed by atoms with E-state index in [4.69, 9.17) is 14.6 Å². The van der Waals surface area contributed by atoms with Crippen molar-refractivity contribution in [1.82, 2.24) is 19.9 Å². The number of benzene rings is 1. The number of halogens is 3. The molecule has 1 saturated carbocycles. The summed E-state index contributed by atoms with van der Waals surface area (Å²) in [7, 11) is 0. The van der Waals surface area contributed by atoms with Gasteiger partial charge in [0.15, 0.2) is 0 Å². The standard InChI is InChI=1S/C24H28F3N5O2/c1-14-12-31(9-10-33-14)20-13-34-21-11-15(24(25,26)27)5-8-17(21)22(20)28-18-3-2-4-19-23(18)30-32(29-19)16-6-7-16/h2-4,11,14,16,20,22,28H,5-10,12-13H2,1H3/t14-,20+,22+/m1/s1. The quantitative estimate of drug-likeness (QED) is 0.715. The van der Waals surface area contributed by atoms with Gasteiger partial charge in [0, 0.05) is 18.7 Å². The normalized spacial score (nSPS) is 28.5. The van der Waals surface area contributed by atoms with Gasteiger partial charge in [-0.05, 0) is 56.4 Å². The highest BCUT2D eigenvalue weighted by atomic mass is 19.4. The molecule has 1 aromatic heterocycles. The molecule has 0 amide bonds. The number of nitrogens with one attached hydrogen (secondary N) is 1. The number of alkyl halides is 3. The Hall–Kier alpha value is -2.59. The minimum Gasteiger partial charge on any atom is -0.492 e. The van der Waals surface area contributed by atoms with Crippen molar-refractivity contribution in [2.24, 2.45) is 0 Å². The van der Waals surface area contributed by atoms with Gasteiger partial charge in [-0.1, -0.05) is 6.07 Å². The van der Waals surface area contributed by atoms with Crippen LogP contribution in [0, 0.1) is 0 Å². The molecular formula is C24H28F3N5O2. The number of rotatable bonds is 4. The zero-order valence-electron chi connectivity index (χ0n) is 19.0. The van der Waals surface area contributed by atoms with E-state index >= 15 is 0 Å². The van der Waals surface area contributed by atoms with Crippen molar-refractivity contribution < 1.29 is 22.6 Å². The fourth-order valence-corrected chi connectivity index (χ4v) is 5.24. The summed E-state index contributed by atoms with van der Waals surface area (Å²) in [6, 6.07) is 6.00. The van der Waals surface area contributed by atoms with E-state index in [1.807, 2.05) is 25.1 Å². The third-order valence-corrected chi connectivity index (χ3v) is 7.17. The highest BCUT2D eigenvalue weighted by Gasteiger charge is 2.42. The van der Waals surface area contributed by atoms with Gasteiger partial charge < -0.3 is 14.8 Å². The molecule has 2 aliphatic carbocycles. The first-order valence-corrected chi connectivity index (χ1v) is 12.0. The predicted octanol–water partition coefficient (Wildman–Crippen LogP) is 4.20. The first-order valence-electron chi connectivity index (χ1n) is 12.0. The molecule has 2 aromatic rings. The summed E-state index contributed by atoms with van der Waals surface area (Å²) in [4.78, 5) is 4.13. The van der Waals surface area contributed by atoms with Crippen LogP contribution in [0.25, 0.3) is 11.0 Å². The van der Waals surface area contributed by atoms with E-state index in [0.717, 1.165) is 48.2 Å². The molecule has 0 spiro atoms. The molecule has 1 saturated heterocycles. The highest BCUT2D eigenvalue weighted by molar-refractivity contribution is 5.87. The van der Waals surface area contributed by atoms with E-state index < -0.39 is 11.7 Å². The number of fused-ring (bicyclic) bond motifs is 1. The molecule has 0 unspecified atom stereocenters. The average molecular weight is 476 g/mol. The van der Waals surface area contributed by atoms with Crippen LogP contribution in [0.15, 0.2) is 41.2 Å². The van der Waals surface area contributed by atoms with E-state index in [0.29, 0.717) is 31.4 Å². The van der Waals surface area contributed by atoms with Crippen molar-refractivity contribution in [1.29, 1.82) is 0 Å². The Morgan fingerprint density at radius 1 is 1.15 bits per heavy atom. The van der Waals surface area contributed by atoms with Crippen LogP contribution in [0.5, 0.6) is 0 Å². The monoisotopic (exact) mass is 475 g/mol. The van der Waals surface area contributed by atoms with E-state index in [1.54, 1.807) is 4.80 Å². The predicted molar refractivity (Wildman–Crippen MR) is 120 cm³/mol. The van der Waals surface area contributed by atoms with Crippen LogP contribution in [0.4, 0.5) is 18.9 Å². The number of aromatic nitrogens is 3. The maximum atomic E-state index is 13.4. The van der Waals surface area contributed by atoms with Crippen LogP contribution >= 0.6 is 0 Å². The molecular weight excluding hydrogens is 447 g/mol. The number of allylic oxidation sites excluding steroid dienone is 2. The number of hydrogen-bond donors (Lipinski definition) is 1. The Kier molecular flexibility index (Phi) is 5.33. The second-order valence-corrected chi connectivity index (χ2v) is 9.66. The Bertz CT molecular complexity index is 1150. The number of hydrogen-bond acceptors (Lipinski definition) is 6. The molecule has 2 fully saturated rings. The topological polar surface area (TPSA) is 64.4 Å². The van der Waals surface area contributed by atoms with Gasteiger partial charge >= 0.3 is 6.18 Å². The lowest BCUT2D eigenvalue weighted by Gasteiger charge is -2.45. The van der Waals surface area contributed by atoms with Crippen LogP contribution in [0.1, 0.15) is 38.6 Å². The van der Waals surface area contributed by atoms with Gasteiger partial charge in [-0.25, -0.2) is 0 Å². The Morgan fingerprint density at radius 2 is 2.00 bits per heavy atom. The van der Waals surface area contributed by atoms with Gasteiger partial charge in [0.05, 0.1) is 36.5 Å². The second kappa shape index (κ2) is 8.27. The third-order valence-electron chi connectivity index (χ3n) is 7.17. The third kappa shape index (κ3) is 4.07. The van der Waals surface area contributed by atoms with Crippen LogP contribution < -0.4 is 5.32 Å². The SMILES string of the molecule is C[C@@H]1CN([C@H]2COC3=C(CCC(C(F)(F)F)=C3)[C@@H]2Nc2cccc3nn(C4CC4)nc23)CCO1. The maximum absolute atomic E-state index is 13.4. The Labute approximate surface area is 195 Å². The molecule has 3 atom stereocenters. The first kappa shape index (κ1) is 21.9. The molecule has 0 radical (unpaired) electrons. The van der Waals surface area contributed by atoms with Crippen LogP contribution in [0.2, 0.25) is 0 Å². The number of morpholine rings is 1. The van der Waals surface area contributed by atoms with E-state index in [2.05, 4.69) is 15.3 Å². The first-order chi connectivity index (χ1) is 16.4. The molecule has 7 nitrogen and oxygen atoms in total. The number of anilines is 1. The van der Waals surface area contributed by atoms with Gasteiger partial charge in [-0.2, -0.15) is 28.2 Å². The van der Waals surface area contributed by atoms with Gasteiger partial charge in [0.25, 0.3) is 0 Å². The molecule has 182 valence electrons. The molecule has 34 heavy (non-hydrogen) atoms. The molecule has 10 heteroatoms. The lowest BCUT2D eigenvalue weighted by Crippen LogP contribution is -2.57.